The second kappa shape index (κ2) is 5.95. The third-order valence-electron chi connectivity index (χ3n) is 2.63. The van der Waals surface area contributed by atoms with E-state index in [1.165, 1.54) is 0 Å². The second-order valence-electron chi connectivity index (χ2n) is 4.57. The van der Waals surface area contributed by atoms with E-state index in [2.05, 4.69) is 0 Å². The van der Waals surface area contributed by atoms with Gasteiger partial charge < -0.3 is 5.11 Å². The highest BCUT2D eigenvalue weighted by atomic mass is 19.4. The maximum Gasteiger partial charge on any atom is 0.460 e. The smallest absolute Gasteiger partial charge is 0.392 e. The number of aliphatic hydroxyl groups is 1. The van der Waals surface area contributed by atoms with E-state index in [0.717, 1.165) is 0 Å². The Balaban J connectivity index is 6.31. The molecule has 0 aromatic carbocycles. The molecule has 0 unspecified atom stereocenters. The molecule has 0 aliphatic rings. The standard InChI is InChI=1S/C10H7F13O/c1-4(3-24)2-5(11,12)6(13,14)7(15,16)8(17,18)9(19,20)10(21,22)23/h2,24H,3H2,1H3/b4-2+. The molecule has 0 aliphatic heterocycles. The van der Waals surface area contributed by atoms with Gasteiger partial charge in [0.05, 0.1) is 6.61 Å². The van der Waals surface area contributed by atoms with Gasteiger partial charge in [-0.1, -0.05) is 0 Å². The highest BCUT2D eigenvalue weighted by Gasteiger charge is 2.90. The van der Waals surface area contributed by atoms with Gasteiger partial charge in [-0.2, -0.15) is 57.1 Å². The first-order valence-corrected chi connectivity index (χ1v) is 5.45. The Morgan fingerprint density at radius 3 is 1.29 bits per heavy atom. The molecule has 14 heteroatoms. The van der Waals surface area contributed by atoms with Crippen molar-refractivity contribution in [2.45, 2.75) is 42.7 Å². The Morgan fingerprint density at radius 2 is 1.00 bits per heavy atom. The highest BCUT2D eigenvalue weighted by molar-refractivity contribution is 5.17. The lowest BCUT2D eigenvalue weighted by molar-refractivity contribution is -0.436. The fourth-order valence-electron chi connectivity index (χ4n) is 1.23. The topological polar surface area (TPSA) is 20.2 Å². The van der Waals surface area contributed by atoms with Crippen molar-refractivity contribution in [2.75, 3.05) is 6.61 Å². The average molecular weight is 390 g/mol. The largest absolute Gasteiger partial charge is 0.460 e. The van der Waals surface area contributed by atoms with Gasteiger partial charge in [-0.3, -0.25) is 0 Å². The molecule has 0 saturated carbocycles. The van der Waals surface area contributed by atoms with Gasteiger partial charge in [0.15, 0.2) is 0 Å². The number of rotatable bonds is 6. The van der Waals surface area contributed by atoms with Gasteiger partial charge in [-0.25, -0.2) is 0 Å². The molecule has 0 atom stereocenters. The molecule has 0 aromatic rings. The Hall–Kier alpha value is -1.21. The molecule has 0 radical (unpaired) electrons. The van der Waals surface area contributed by atoms with Crippen LogP contribution in [0.25, 0.3) is 0 Å². The lowest BCUT2D eigenvalue weighted by atomic mass is 9.93. The molecule has 0 rings (SSSR count). The third kappa shape index (κ3) is 3.16. The van der Waals surface area contributed by atoms with E-state index < -0.39 is 54.0 Å². The first kappa shape index (κ1) is 22.8. The zero-order valence-electron chi connectivity index (χ0n) is 11.1. The summed E-state index contributed by atoms with van der Waals surface area (Å²) in [5.41, 5.74) is -1.17. The van der Waals surface area contributed by atoms with Crippen molar-refractivity contribution < 1.29 is 62.2 Å². The predicted octanol–water partition coefficient (Wildman–Crippen LogP) is 4.66. The number of alkyl halides is 13. The molecule has 0 saturated heterocycles. The summed E-state index contributed by atoms with van der Waals surface area (Å²) in [4.78, 5) is 0. The number of aliphatic hydroxyl groups excluding tert-OH is 1. The highest BCUT2D eigenvalue weighted by Crippen LogP contribution is 2.60. The molecule has 0 aliphatic carbocycles. The van der Waals surface area contributed by atoms with Crippen LogP contribution in [0.3, 0.4) is 0 Å². The summed E-state index contributed by atoms with van der Waals surface area (Å²) in [6, 6.07) is 0. The fraction of sp³-hybridized carbons (Fsp3) is 0.800. The number of allylic oxidation sites excluding steroid dienone is 1. The Kier molecular flexibility index (Phi) is 5.65. The zero-order valence-corrected chi connectivity index (χ0v) is 11.1. The van der Waals surface area contributed by atoms with Crippen LogP contribution < -0.4 is 0 Å². The Bertz CT molecular complexity index is 487. The molecule has 0 aromatic heterocycles. The monoisotopic (exact) mass is 390 g/mol. The summed E-state index contributed by atoms with van der Waals surface area (Å²) in [6.07, 6.45) is -8.58. The van der Waals surface area contributed by atoms with Crippen LogP contribution in [0.15, 0.2) is 11.6 Å². The van der Waals surface area contributed by atoms with Crippen molar-refractivity contribution in [2.24, 2.45) is 0 Å². The molecule has 0 bridgehead atoms. The van der Waals surface area contributed by atoms with Crippen molar-refractivity contribution in [1.82, 2.24) is 0 Å². The van der Waals surface area contributed by atoms with Gasteiger partial charge in [0.1, 0.15) is 0 Å². The summed E-state index contributed by atoms with van der Waals surface area (Å²) in [5, 5.41) is 8.31. The van der Waals surface area contributed by atoms with Crippen molar-refractivity contribution in [3.05, 3.63) is 11.6 Å². The van der Waals surface area contributed by atoms with Crippen LogP contribution in [-0.4, -0.2) is 47.5 Å². The SMILES string of the molecule is C/C(=C\C(F)(F)C(F)(F)C(F)(F)C(F)(F)C(F)(F)C(F)(F)F)CO. The summed E-state index contributed by atoms with van der Waals surface area (Å²) in [7, 11) is 0. The maximum atomic E-state index is 13.1. The normalized spacial score (nSPS) is 16.5. The van der Waals surface area contributed by atoms with Gasteiger partial charge in [0, 0.05) is 0 Å². The maximum absolute atomic E-state index is 13.1. The van der Waals surface area contributed by atoms with Crippen LogP contribution >= 0.6 is 0 Å². The minimum atomic E-state index is -7.91. The molecule has 0 fully saturated rings. The Morgan fingerprint density at radius 1 is 0.667 bits per heavy atom. The second-order valence-corrected chi connectivity index (χ2v) is 4.57. The fourth-order valence-corrected chi connectivity index (χ4v) is 1.23. The van der Waals surface area contributed by atoms with Crippen LogP contribution in [0.1, 0.15) is 6.92 Å². The third-order valence-corrected chi connectivity index (χ3v) is 2.63. The molecule has 0 heterocycles. The summed E-state index contributed by atoms with van der Waals surface area (Å²) >= 11 is 0. The van der Waals surface area contributed by atoms with Crippen LogP contribution in [-0.2, 0) is 0 Å². The first-order chi connectivity index (χ1) is 10.2. The molecule has 1 N–H and O–H groups in total. The number of hydrogen-bond donors (Lipinski definition) is 1. The summed E-state index contributed by atoms with van der Waals surface area (Å²) < 4.78 is 164. The zero-order chi connectivity index (χ0) is 20.0. The van der Waals surface area contributed by atoms with Crippen LogP contribution in [0.5, 0.6) is 0 Å². The van der Waals surface area contributed by atoms with E-state index in [-0.39, 0.29) is 0 Å². The van der Waals surface area contributed by atoms with Gasteiger partial charge in [-0.15, -0.1) is 0 Å². The number of hydrogen-bond acceptors (Lipinski definition) is 1. The van der Waals surface area contributed by atoms with Gasteiger partial charge >= 0.3 is 35.8 Å². The van der Waals surface area contributed by atoms with E-state index in [0.29, 0.717) is 6.92 Å². The molecule has 0 amide bonds. The quantitative estimate of drug-likeness (QED) is 0.517. The van der Waals surface area contributed by atoms with Crippen LogP contribution in [0, 0.1) is 0 Å². The minimum Gasteiger partial charge on any atom is -0.392 e. The molecule has 1 nitrogen and oxygen atoms in total. The van der Waals surface area contributed by atoms with Gasteiger partial charge in [0.2, 0.25) is 0 Å². The summed E-state index contributed by atoms with van der Waals surface area (Å²) in [6.45, 7) is -0.989. The molecule has 144 valence electrons. The lowest BCUT2D eigenvalue weighted by Crippen LogP contribution is -2.69. The van der Waals surface area contributed by atoms with Crippen molar-refractivity contribution >= 4 is 0 Å². The van der Waals surface area contributed by atoms with Crippen LogP contribution in [0.4, 0.5) is 57.1 Å². The van der Waals surface area contributed by atoms with Crippen LogP contribution in [0.2, 0.25) is 0 Å². The summed E-state index contributed by atoms with van der Waals surface area (Å²) in [5.74, 6) is -37.1. The first-order valence-electron chi connectivity index (χ1n) is 5.45. The van der Waals surface area contributed by atoms with E-state index in [9.17, 15) is 57.1 Å². The average Bonchev–Trinajstić information content (AvgIpc) is 2.35. The van der Waals surface area contributed by atoms with Crippen molar-refractivity contribution in [3.8, 4) is 0 Å². The molecular weight excluding hydrogens is 383 g/mol. The lowest BCUT2D eigenvalue weighted by Gasteiger charge is -2.39. The van der Waals surface area contributed by atoms with E-state index in [4.69, 9.17) is 5.11 Å². The minimum absolute atomic E-state index is 0.449. The van der Waals surface area contributed by atoms with Crippen molar-refractivity contribution in [1.29, 1.82) is 0 Å². The van der Waals surface area contributed by atoms with Gasteiger partial charge in [-0.05, 0) is 18.6 Å². The Labute approximate surface area is 124 Å². The predicted molar refractivity (Wildman–Crippen MR) is 51.6 cm³/mol. The van der Waals surface area contributed by atoms with E-state index in [1.54, 1.807) is 0 Å². The number of halogens is 13. The van der Waals surface area contributed by atoms with Crippen molar-refractivity contribution in [3.63, 3.8) is 0 Å². The van der Waals surface area contributed by atoms with E-state index >= 15 is 0 Å². The van der Waals surface area contributed by atoms with Gasteiger partial charge in [0.25, 0.3) is 0 Å². The van der Waals surface area contributed by atoms with E-state index in [1.807, 2.05) is 0 Å². The molecular formula is C10H7F13O. The molecule has 24 heavy (non-hydrogen) atoms. The molecule has 0 spiro atoms.